The Morgan fingerprint density at radius 1 is 0.435 bits per heavy atom. The van der Waals surface area contributed by atoms with E-state index in [1.807, 2.05) is 0 Å². The Kier molecular flexibility index (Phi) is 5.58. The maximum absolute atomic E-state index is 7.07. The molecule has 0 unspecified atom stereocenters. The third kappa shape index (κ3) is 6.66. The first-order valence-electron chi connectivity index (χ1n) is 9.49. The van der Waals surface area contributed by atoms with Crippen molar-refractivity contribution < 1.29 is 4.12 Å². The van der Waals surface area contributed by atoms with E-state index < -0.39 is 15.7 Å². The fourth-order valence-corrected chi connectivity index (χ4v) is 29.9. The molecule has 0 amide bonds. The van der Waals surface area contributed by atoms with Crippen molar-refractivity contribution in [3.8, 4) is 0 Å². The van der Waals surface area contributed by atoms with Crippen LogP contribution in [0.15, 0.2) is 0 Å². The van der Waals surface area contributed by atoms with E-state index in [9.17, 15) is 0 Å². The number of hydrogen-bond acceptors (Lipinski definition) is 1. The largest absolute Gasteiger partial charge is 0.455 e. The lowest BCUT2D eigenvalue weighted by Gasteiger charge is -2.34. The van der Waals surface area contributed by atoms with Gasteiger partial charge in [0.05, 0.1) is 0 Å². The zero-order valence-electron chi connectivity index (χ0n) is 18.2. The molecule has 1 saturated heterocycles. The second-order valence-electron chi connectivity index (χ2n) is 13.0. The molecule has 1 aliphatic heterocycles. The van der Waals surface area contributed by atoms with Gasteiger partial charge in [-0.05, 0) is 45.8 Å². The molecule has 23 heavy (non-hydrogen) atoms. The average Bonchev–Trinajstić information content (AvgIpc) is 2.53. The van der Waals surface area contributed by atoms with Gasteiger partial charge < -0.3 is 4.12 Å². The van der Waals surface area contributed by atoms with Crippen LogP contribution in [0.4, 0.5) is 0 Å². The molecule has 0 aromatic heterocycles. The van der Waals surface area contributed by atoms with E-state index in [1.165, 1.54) is 24.2 Å². The molecule has 0 spiro atoms. The van der Waals surface area contributed by atoms with Gasteiger partial charge in [0.15, 0.2) is 15.7 Å². The van der Waals surface area contributed by atoms with Crippen molar-refractivity contribution in [1.82, 2.24) is 0 Å². The summed E-state index contributed by atoms with van der Waals surface area (Å²) in [5.41, 5.74) is 1.56. The van der Waals surface area contributed by atoms with Crippen molar-refractivity contribution >= 4 is 15.7 Å². The van der Waals surface area contributed by atoms with E-state index >= 15 is 0 Å². The molecule has 0 aromatic rings. The van der Waals surface area contributed by atoms with E-state index in [-0.39, 0.29) is 0 Å². The van der Waals surface area contributed by atoms with E-state index in [0.717, 1.165) is 0 Å². The third-order valence-corrected chi connectivity index (χ3v) is 22.5. The third-order valence-electron chi connectivity index (χ3n) is 4.44. The van der Waals surface area contributed by atoms with Gasteiger partial charge in [0.1, 0.15) is 0 Å². The second kappa shape index (κ2) is 5.98. The smallest absolute Gasteiger partial charge is 0.198 e. The van der Waals surface area contributed by atoms with Crippen molar-refractivity contribution in [3.05, 3.63) is 0 Å². The zero-order chi connectivity index (χ0) is 18.5. The molecule has 0 atom stereocenters. The standard InChI is InChI=1S/C20H44OSi2/c1-17(2,3)13-22(14-18(4,5)6)21-23(22,15-19(7,8)9)16-20(10,11)12/h13-16H2,1-12H3. The maximum atomic E-state index is 7.07. The molecule has 0 radical (unpaired) electrons. The van der Waals surface area contributed by atoms with Gasteiger partial charge in [-0.2, -0.15) is 0 Å². The Balaban J connectivity index is 3.22. The lowest BCUT2D eigenvalue weighted by atomic mass is 10.00. The molecule has 138 valence electrons. The fourth-order valence-electron chi connectivity index (χ4n) is 4.69. The summed E-state index contributed by atoms with van der Waals surface area (Å²) in [4.78, 5) is 0. The zero-order valence-corrected chi connectivity index (χ0v) is 20.2. The summed E-state index contributed by atoms with van der Waals surface area (Å²) in [5, 5.41) is 0. The SMILES string of the molecule is CC(C)(C)C[Si]1(CC(C)(C)C)O[Si]1(CC(C)(C)C)CC(C)(C)C. The van der Waals surface area contributed by atoms with Crippen LogP contribution in [-0.4, -0.2) is 15.7 Å². The molecule has 1 aliphatic rings. The number of hydrogen-bond donors (Lipinski definition) is 0. The topological polar surface area (TPSA) is 12.5 Å². The predicted molar refractivity (Wildman–Crippen MR) is 110 cm³/mol. The van der Waals surface area contributed by atoms with Crippen molar-refractivity contribution in [2.75, 3.05) is 0 Å². The van der Waals surface area contributed by atoms with Gasteiger partial charge in [-0.3, -0.25) is 0 Å². The molecule has 1 rings (SSSR count). The quantitative estimate of drug-likeness (QED) is 0.384. The molecule has 3 heteroatoms. The van der Waals surface area contributed by atoms with Gasteiger partial charge in [0.2, 0.25) is 0 Å². The van der Waals surface area contributed by atoms with Crippen LogP contribution in [0.25, 0.3) is 0 Å². The lowest BCUT2D eigenvalue weighted by molar-refractivity contribution is 0.412. The van der Waals surface area contributed by atoms with Gasteiger partial charge in [-0.15, -0.1) is 0 Å². The first kappa shape index (κ1) is 21.4. The van der Waals surface area contributed by atoms with Gasteiger partial charge >= 0.3 is 0 Å². The van der Waals surface area contributed by atoms with Crippen LogP contribution < -0.4 is 0 Å². The summed E-state index contributed by atoms with van der Waals surface area (Å²) in [5.74, 6) is 0. The van der Waals surface area contributed by atoms with E-state index in [0.29, 0.717) is 21.7 Å². The summed E-state index contributed by atoms with van der Waals surface area (Å²) in [6.07, 6.45) is 0. The van der Waals surface area contributed by atoms with Crippen LogP contribution in [0, 0.1) is 21.7 Å². The van der Waals surface area contributed by atoms with Crippen molar-refractivity contribution in [2.45, 2.75) is 107 Å². The molecule has 0 aromatic carbocycles. The second-order valence-corrected chi connectivity index (χ2v) is 24.7. The fraction of sp³-hybridized carbons (Fsp3) is 1.00. The highest BCUT2D eigenvalue weighted by Crippen LogP contribution is 2.60. The van der Waals surface area contributed by atoms with Crippen molar-refractivity contribution in [2.24, 2.45) is 21.7 Å². The van der Waals surface area contributed by atoms with Crippen LogP contribution in [0.1, 0.15) is 83.1 Å². The molecular formula is C20H44OSi2. The molecule has 0 N–H and O–H groups in total. The Labute approximate surface area is 149 Å². The van der Waals surface area contributed by atoms with Crippen LogP contribution >= 0.6 is 0 Å². The van der Waals surface area contributed by atoms with Crippen LogP contribution in [0.3, 0.4) is 0 Å². The van der Waals surface area contributed by atoms with Crippen LogP contribution in [-0.2, 0) is 4.12 Å². The molecule has 0 aliphatic carbocycles. The minimum Gasteiger partial charge on any atom is -0.455 e. The van der Waals surface area contributed by atoms with E-state index in [1.54, 1.807) is 0 Å². The number of rotatable bonds is 4. The Hall–Kier alpha value is 0.394. The minimum absolute atomic E-state index is 0.391. The highest BCUT2D eigenvalue weighted by Gasteiger charge is 2.75. The minimum atomic E-state index is -1.58. The molecule has 1 heterocycles. The summed E-state index contributed by atoms with van der Waals surface area (Å²) in [7, 11) is -3.17. The lowest BCUT2D eigenvalue weighted by Crippen LogP contribution is -2.44. The molecular weight excluding hydrogens is 312 g/mol. The van der Waals surface area contributed by atoms with Crippen LogP contribution in [0.5, 0.6) is 0 Å². The maximum Gasteiger partial charge on any atom is 0.198 e. The highest BCUT2D eigenvalue weighted by molar-refractivity contribution is 7.50. The van der Waals surface area contributed by atoms with E-state index in [4.69, 9.17) is 4.12 Å². The summed E-state index contributed by atoms with van der Waals surface area (Å²) < 4.78 is 7.07. The monoisotopic (exact) mass is 356 g/mol. The van der Waals surface area contributed by atoms with Gasteiger partial charge in [0.25, 0.3) is 0 Å². The van der Waals surface area contributed by atoms with Gasteiger partial charge in [0, 0.05) is 0 Å². The predicted octanol–water partition coefficient (Wildman–Crippen LogP) is 7.17. The summed E-state index contributed by atoms with van der Waals surface area (Å²) in [6.45, 7) is 29.0. The van der Waals surface area contributed by atoms with Crippen molar-refractivity contribution in [3.63, 3.8) is 0 Å². The Bertz CT molecular complexity index is 341. The van der Waals surface area contributed by atoms with Crippen molar-refractivity contribution in [1.29, 1.82) is 0 Å². The summed E-state index contributed by atoms with van der Waals surface area (Å²) in [6, 6.07) is 5.43. The molecule has 0 saturated carbocycles. The first-order chi connectivity index (χ1) is 9.79. The van der Waals surface area contributed by atoms with E-state index in [2.05, 4.69) is 83.1 Å². The molecule has 1 fully saturated rings. The van der Waals surface area contributed by atoms with Crippen LogP contribution in [0.2, 0.25) is 24.2 Å². The molecule has 0 bridgehead atoms. The van der Waals surface area contributed by atoms with Gasteiger partial charge in [-0.1, -0.05) is 83.1 Å². The Morgan fingerprint density at radius 2 is 0.609 bits per heavy atom. The normalized spacial score (nSPS) is 21.4. The average molecular weight is 357 g/mol. The summed E-state index contributed by atoms with van der Waals surface area (Å²) >= 11 is 0. The first-order valence-corrected chi connectivity index (χ1v) is 15.1. The van der Waals surface area contributed by atoms with Gasteiger partial charge in [-0.25, -0.2) is 0 Å². The highest BCUT2D eigenvalue weighted by atomic mass is 29.4. The molecule has 1 nitrogen and oxygen atoms in total. The Morgan fingerprint density at radius 3 is 0.739 bits per heavy atom.